The van der Waals surface area contributed by atoms with Crippen molar-refractivity contribution in [2.24, 2.45) is 0 Å². The van der Waals surface area contributed by atoms with Crippen LogP contribution in [-0.4, -0.2) is 36.9 Å². The van der Waals surface area contributed by atoms with E-state index in [1.54, 1.807) is 11.3 Å². The van der Waals surface area contributed by atoms with Crippen LogP contribution in [0.5, 0.6) is 0 Å². The number of pyridine rings is 1. The number of nitrogens with zero attached hydrogens (tertiary/aromatic N) is 5. The molecule has 0 aliphatic carbocycles. The van der Waals surface area contributed by atoms with Gasteiger partial charge in [0.25, 0.3) is 5.91 Å². The average Bonchev–Trinajstić information content (AvgIpc) is 3.26. The predicted molar refractivity (Wildman–Crippen MR) is 87.6 cm³/mol. The molecule has 4 rings (SSSR count). The van der Waals surface area contributed by atoms with E-state index in [9.17, 15) is 4.79 Å². The zero-order chi connectivity index (χ0) is 16.0. The summed E-state index contributed by atoms with van der Waals surface area (Å²) in [4.78, 5) is 19.5. The molecule has 4 heterocycles. The number of amides is 1. The number of rotatable bonds is 2. The Morgan fingerprint density at radius 2 is 2.17 bits per heavy atom. The summed E-state index contributed by atoms with van der Waals surface area (Å²) < 4.78 is 1.85. The fourth-order valence-corrected chi connectivity index (χ4v) is 4.03. The van der Waals surface area contributed by atoms with E-state index in [2.05, 4.69) is 15.2 Å². The van der Waals surface area contributed by atoms with Crippen molar-refractivity contribution in [3.05, 3.63) is 45.8 Å². The Labute approximate surface area is 137 Å². The van der Waals surface area contributed by atoms with E-state index in [0.29, 0.717) is 5.56 Å². The SMILES string of the molecule is Cc1csc(C2CCCN2C(=O)c2ccc3nnc(C)n3c2)n1. The first-order valence-electron chi connectivity index (χ1n) is 7.68. The first-order valence-corrected chi connectivity index (χ1v) is 8.56. The third kappa shape index (κ3) is 2.41. The topological polar surface area (TPSA) is 63.4 Å². The standard InChI is InChI=1S/C16H17N5OS/c1-10-9-23-15(17-10)13-4-3-7-20(13)16(22)12-5-6-14-19-18-11(2)21(14)8-12/h5-6,8-9,13H,3-4,7H2,1-2H3. The normalized spacial score (nSPS) is 18.0. The van der Waals surface area contributed by atoms with Crippen LogP contribution < -0.4 is 0 Å². The number of aromatic nitrogens is 4. The maximum atomic E-state index is 13.0. The van der Waals surface area contributed by atoms with E-state index in [0.717, 1.165) is 41.6 Å². The lowest BCUT2D eigenvalue weighted by atomic mass is 10.2. The Balaban J connectivity index is 1.67. The van der Waals surface area contributed by atoms with Gasteiger partial charge in [0.1, 0.15) is 10.8 Å². The summed E-state index contributed by atoms with van der Waals surface area (Å²) in [6, 6.07) is 3.76. The highest BCUT2D eigenvalue weighted by molar-refractivity contribution is 7.09. The third-order valence-electron chi connectivity index (χ3n) is 4.26. The van der Waals surface area contributed by atoms with Crippen LogP contribution in [0.4, 0.5) is 0 Å². The van der Waals surface area contributed by atoms with Gasteiger partial charge in [0.15, 0.2) is 5.65 Å². The van der Waals surface area contributed by atoms with E-state index in [1.807, 2.05) is 46.9 Å². The van der Waals surface area contributed by atoms with Crippen molar-refractivity contribution in [2.45, 2.75) is 32.7 Å². The molecule has 1 atom stereocenters. The Hall–Kier alpha value is -2.28. The van der Waals surface area contributed by atoms with Crippen LogP contribution in [0.3, 0.4) is 0 Å². The Morgan fingerprint density at radius 3 is 2.96 bits per heavy atom. The zero-order valence-electron chi connectivity index (χ0n) is 13.1. The Bertz CT molecular complexity index is 884. The summed E-state index contributed by atoms with van der Waals surface area (Å²) in [5.41, 5.74) is 2.44. The number of carbonyl (C=O) groups is 1. The van der Waals surface area contributed by atoms with E-state index in [-0.39, 0.29) is 11.9 Å². The van der Waals surface area contributed by atoms with Crippen molar-refractivity contribution < 1.29 is 4.79 Å². The number of fused-ring (bicyclic) bond motifs is 1. The van der Waals surface area contributed by atoms with Gasteiger partial charge in [-0.25, -0.2) is 4.98 Å². The highest BCUT2D eigenvalue weighted by atomic mass is 32.1. The lowest BCUT2D eigenvalue weighted by molar-refractivity contribution is 0.0735. The largest absolute Gasteiger partial charge is 0.329 e. The number of thiazole rings is 1. The second-order valence-electron chi connectivity index (χ2n) is 5.88. The zero-order valence-corrected chi connectivity index (χ0v) is 13.9. The van der Waals surface area contributed by atoms with Crippen LogP contribution in [0.15, 0.2) is 23.7 Å². The minimum Gasteiger partial charge on any atom is -0.329 e. The molecule has 0 saturated carbocycles. The van der Waals surface area contributed by atoms with Gasteiger partial charge in [-0.1, -0.05) is 0 Å². The summed E-state index contributed by atoms with van der Waals surface area (Å²) in [6.07, 6.45) is 3.82. The minimum atomic E-state index is 0.0513. The van der Waals surface area contributed by atoms with E-state index >= 15 is 0 Å². The van der Waals surface area contributed by atoms with E-state index < -0.39 is 0 Å². The molecule has 6 nitrogen and oxygen atoms in total. The predicted octanol–water partition coefficient (Wildman–Crippen LogP) is 2.78. The summed E-state index contributed by atoms with van der Waals surface area (Å²) in [6.45, 7) is 4.65. The fraction of sp³-hybridized carbons (Fsp3) is 0.375. The minimum absolute atomic E-state index is 0.0513. The van der Waals surface area contributed by atoms with Gasteiger partial charge in [0.2, 0.25) is 0 Å². The summed E-state index contributed by atoms with van der Waals surface area (Å²) in [7, 11) is 0. The Morgan fingerprint density at radius 1 is 1.30 bits per heavy atom. The molecule has 3 aromatic rings. The van der Waals surface area contributed by atoms with Crippen LogP contribution in [0.2, 0.25) is 0 Å². The quantitative estimate of drug-likeness (QED) is 0.726. The fourth-order valence-electron chi connectivity index (χ4n) is 3.09. The first kappa shape index (κ1) is 14.3. The van der Waals surface area contributed by atoms with Gasteiger partial charge in [-0.15, -0.1) is 21.5 Å². The van der Waals surface area contributed by atoms with Gasteiger partial charge in [0.05, 0.1) is 11.6 Å². The molecule has 23 heavy (non-hydrogen) atoms. The van der Waals surface area contributed by atoms with Crippen LogP contribution >= 0.6 is 11.3 Å². The molecule has 0 bridgehead atoms. The number of likely N-dealkylation sites (tertiary alicyclic amines) is 1. The first-order chi connectivity index (χ1) is 11.1. The van der Waals surface area contributed by atoms with Crippen LogP contribution in [-0.2, 0) is 0 Å². The number of hydrogen-bond donors (Lipinski definition) is 0. The molecule has 1 aliphatic heterocycles. The lowest BCUT2D eigenvalue weighted by Gasteiger charge is -2.23. The van der Waals surface area contributed by atoms with E-state index in [4.69, 9.17) is 0 Å². The molecular formula is C16H17N5OS. The molecule has 0 aromatic carbocycles. The third-order valence-corrected chi connectivity index (χ3v) is 5.32. The monoisotopic (exact) mass is 327 g/mol. The molecular weight excluding hydrogens is 310 g/mol. The molecule has 1 fully saturated rings. The van der Waals surface area contributed by atoms with Gasteiger partial charge in [0, 0.05) is 23.8 Å². The smallest absolute Gasteiger partial charge is 0.255 e. The second kappa shape index (κ2) is 5.42. The molecule has 0 radical (unpaired) electrons. The highest BCUT2D eigenvalue weighted by Gasteiger charge is 2.32. The number of hydrogen-bond acceptors (Lipinski definition) is 5. The summed E-state index contributed by atoms with van der Waals surface area (Å²) in [5, 5.41) is 11.2. The average molecular weight is 327 g/mol. The maximum Gasteiger partial charge on any atom is 0.255 e. The number of carbonyl (C=O) groups excluding carboxylic acids is 1. The molecule has 7 heteroatoms. The number of aryl methyl sites for hydroxylation is 2. The molecule has 118 valence electrons. The highest BCUT2D eigenvalue weighted by Crippen LogP contribution is 2.34. The molecule has 1 saturated heterocycles. The van der Waals surface area contributed by atoms with Crippen LogP contribution in [0.1, 0.15) is 45.8 Å². The van der Waals surface area contributed by atoms with Gasteiger partial charge in [-0.05, 0) is 38.8 Å². The van der Waals surface area contributed by atoms with Crippen molar-refractivity contribution >= 4 is 22.9 Å². The van der Waals surface area contributed by atoms with Gasteiger partial charge in [-0.2, -0.15) is 0 Å². The van der Waals surface area contributed by atoms with Crippen molar-refractivity contribution in [3.63, 3.8) is 0 Å². The van der Waals surface area contributed by atoms with Gasteiger partial charge < -0.3 is 4.90 Å². The molecule has 0 spiro atoms. The maximum absolute atomic E-state index is 13.0. The van der Waals surface area contributed by atoms with Crippen LogP contribution in [0.25, 0.3) is 5.65 Å². The summed E-state index contributed by atoms with van der Waals surface area (Å²) >= 11 is 1.64. The Kier molecular flexibility index (Phi) is 3.37. The van der Waals surface area contributed by atoms with Crippen molar-refractivity contribution in [3.8, 4) is 0 Å². The molecule has 1 aliphatic rings. The lowest BCUT2D eigenvalue weighted by Crippen LogP contribution is -2.30. The second-order valence-corrected chi connectivity index (χ2v) is 6.77. The van der Waals surface area contributed by atoms with E-state index in [1.165, 1.54) is 0 Å². The van der Waals surface area contributed by atoms with Crippen molar-refractivity contribution in [1.82, 2.24) is 24.5 Å². The summed E-state index contributed by atoms with van der Waals surface area (Å²) in [5.74, 6) is 0.832. The van der Waals surface area contributed by atoms with Gasteiger partial charge >= 0.3 is 0 Å². The van der Waals surface area contributed by atoms with Crippen molar-refractivity contribution in [1.29, 1.82) is 0 Å². The molecule has 0 N–H and O–H groups in total. The van der Waals surface area contributed by atoms with Crippen LogP contribution in [0, 0.1) is 13.8 Å². The molecule has 3 aromatic heterocycles. The molecule has 1 unspecified atom stereocenters. The molecule has 1 amide bonds. The van der Waals surface area contributed by atoms with Gasteiger partial charge in [-0.3, -0.25) is 9.20 Å². The van der Waals surface area contributed by atoms with Crippen molar-refractivity contribution in [2.75, 3.05) is 6.54 Å².